The van der Waals surface area contributed by atoms with E-state index in [1.165, 1.54) is 35.0 Å². The number of fused-ring (bicyclic) bond motifs is 1. The minimum absolute atomic E-state index is 0.835. The quantitative estimate of drug-likeness (QED) is 0.677. The van der Waals surface area contributed by atoms with Gasteiger partial charge in [-0.1, -0.05) is 18.2 Å². The number of rotatable bonds is 1. The van der Waals surface area contributed by atoms with Crippen LogP contribution in [0.25, 0.3) is 10.9 Å². The van der Waals surface area contributed by atoms with Crippen LogP contribution in [0, 0.1) is 6.92 Å². The zero-order valence-electron chi connectivity index (χ0n) is 7.80. The predicted octanol–water partition coefficient (Wildman–Crippen LogP) is 3.35. The summed E-state index contributed by atoms with van der Waals surface area (Å²) in [5.41, 5.74) is 4.15. The lowest BCUT2D eigenvalue weighted by Gasteiger charge is -1.99. The summed E-state index contributed by atoms with van der Waals surface area (Å²) in [4.78, 5) is 3.45. The molecule has 66 valence electrons. The summed E-state index contributed by atoms with van der Waals surface area (Å²) < 4.78 is 0. The second-order valence-corrected chi connectivity index (χ2v) is 4.04. The molecular weight excluding hydrogens is 158 g/mol. The molecule has 0 unspecified atom stereocenters. The van der Waals surface area contributed by atoms with E-state index < -0.39 is 0 Å². The molecule has 0 saturated heterocycles. The van der Waals surface area contributed by atoms with Crippen LogP contribution in [0.3, 0.4) is 0 Å². The largest absolute Gasteiger partial charge is 0.358 e. The highest BCUT2D eigenvalue weighted by molar-refractivity contribution is 5.84. The van der Waals surface area contributed by atoms with Gasteiger partial charge in [-0.3, -0.25) is 0 Å². The van der Waals surface area contributed by atoms with Crippen LogP contribution in [0.4, 0.5) is 0 Å². The zero-order valence-corrected chi connectivity index (χ0v) is 7.80. The molecule has 1 saturated carbocycles. The fourth-order valence-electron chi connectivity index (χ4n) is 2.05. The normalized spacial score (nSPS) is 16.7. The lowest BCUT2D eigenvalue weighted by molar-refractivity contribution is 1.13. The van der Waals surface area contributed by atoms with Crippen molar-refractivity contribution >= 4 is 10.9 Å². The van der Waals surface area contributed by atoms with E-state index in [1.807, 2.05) is 0 Å². The fraction of sp³-hybridized carbons (Fsp3) is 0.333. The number of aromatic nitrogens is 1. The maximum atomic E-state index is 3.45. The third-order valence-electron chi connectivity index (χ3n) is 2.84. The van der Waals surface area contributed by atoms with Crippen molar-refractivity contribution < 1.29 is 0 Å². The van der Waals surface area contributed by atoms with Gasteiger partial charge in [-0.15, -0.1) is 0 Å². The molecule has 0 amide bonds. The molecule has 1 heteroatoms. The molecule has 1 heterocycles. The minimum atomic E-state index is 0.835. The van der Waals surface area contributed by atoms with Crippen molar-refractivity contribution in [1.29, 1.82) is 0 Å². The lowest BCUT2D eigenvalue weighted by atomic mass is 10.1. The molecule has 1 aromatic carbocycles. The Morgan fingerprint density at radius 1 is 1.31 bits per heavy atom. The first-order valence-electron chi connectivity index (χ1n) is 4.93. The van der Waals surface area contributed by atoms with Crippen LogP contribution < -0.4 is 0 Å². The highest BCUT2D eigenvalue weighted by Crippen LogP contribution is 2.42. The zero-order chi connectivity index (χ0) is 8.84. The average molecular weight is 171 g/mol. The van der Waals surface area contributed by atoms with Gasteiger partial charge in [0.15, 0.2) is 0 Å². The van der Waals surface area contributed by atoms with Crippen molar-refractivity contribution in [3.63, 3.8) is 0 Å². The fourth-order valence-corrected chi connectivity index (χ4v) is 2.05. The van der Waals surface area contributed by atoms with Gasteiger partial charge in [0.05, 0.1) is 0 Å². The molecule has 0 aliphatic heterocycles. The summed E-state index contributed by atoms with van der Waals surface area (Å²) in [6, 6.07) is 8.84. The summed E-state index contributed by atoms with van der Waals surface area (Å²) in [5.74, 6) is 0.835. The van der Waals surface area contributed by atoms with Crippen LogP contribution in [0.5, 0.6) is 0 Å². The van der Waals surface area contributed by atoms with Gasteiger partial charge in [0.25, 0.3) is 0 Å². The molecule has 1 N–H and O–H groups in total. The number of hydrogen-bond donors (Lipinski definition) is 1. The van der Waals surface area contributed by atoms with Crippen LogP contribution in [0.15, 0.2) is 24.3 Å². The summed E-state index contributed by atoms with van der Waals surface area (Å²) in [6.45, 7) is 2.12. The van der Waals surface area contributed by atoms with Crippen molar-refractivity contribution in [1.82, 2.24) is 4.98 Å². The number of aromatic amines is 1. The van der Waals surface area contributed by atoms with Gasteiger partial charge < -0.3 is 4.98 Å². The van der Waals surface area contributed by atoms with Crippen LogP contribution in [0.1, 0.15) is 30.0 Å². The molecular formula is C12H13N. The number of para-hydroxylation sites is 1. The van der Waals surface area contributed by atoms with Crippen LogP contribution in [-0.2, 0) is 0 Å². The van der Waals surface area contributed by atoms with Crippen molar-refractivity contribution in [2.75, 3.05) is 0 Å². The molecule has 2 aromatic rings. The van der Waals surface area contributed by atoms with Crippen molar-refractivity contribution in [3.8, 4) is 0 Å². The number of nitrogens with one attached hydrogen (secondary N) is 1. The Bertz CT molecular complexity index is 449. The summed E-state index contributed by atoms with van der Waals surface area (Å²) in [6.07, 6.45) is 2.74. The first-order chi connectivity index (χ1) is 6.34. The monoisotopic (exact) mass is 171 g/mol. The van der Waals surface area contributed by atoms with Crippen LogP contribution >= 0.6 is 0 Å². The van der Waals surface area contributed by atoms with E-state index in [4.69, 9.17) is 0 Å². The Morgan fingerprint density at radius 3 is 2.92 bits per heavy atom. The summed E-state index contributed by atoms with van der Waals surface area (Å²) in [5, 5.41) is 1.36. The van der Waals surface area contributed by atoms with Gasteiger partial charge in [0.2, 0.25) is 0 Å². The highest BCUT2D eigenvalue weighted by atomic mass is 14.7. The van der Waals surface area contributed by atoms with E-state index in [1.54, 1.807) is 0 Å². The molecule has 1 aromatic heterocycles. The SMILES string of the molecule is Cc1cc2cccc(C3CC3)c2[nH]1. The van der Waals surface area contributed by atoms with E-state index >= 15 is 0 Å². The van der Waals surface area contributed by atoms with Gasteiger partial charge in [0.1, 0.15) is 0 Å². The van der Waals surface area contributed by atoms with E-state index in [-0.39, 0.29) is 0 Å². The first-order valence-corrected chi connectivity index (χ1v) is 4.93. The molecule has 3 rings (SSSR count). The van der Waals surface area contributed by atoms with Crippen molar-refractivity contribution in [2.45, 2.75) is 25.7 Å². The van der Waals surface area contributed by atoms with E-state index in [2.05, 4.69) is 36.2 Å². The Hall–Kier alpha value is -1.24. The Morgan fingerprint density at radius 2 is 2.15 bits per heavy atom. The molecule has 13 heavy (non-hydrogen) atoms. The van der Waals surface area contributed by atoms with Gasteiger partial charge >= 0.3 is 0 Å². The third kappa shape index (κ3) is 1.07. The number of benzene rings is 1. The van der Waals surface area contributed by atoms with E-state index in [9.17, 15) is 0 Å². The van der Waals surface area contributed by atoms with E-state index in [0.717, 1.165) is 5.92 Å². The predicted molar refractivity (Wildman–Crippen MR) is 55.0 cm³/mol. The second kappa shape index (κ2) is 2.38. The maximum Gasteiger partial charge on any atom is 0.0491 e. The molecule has 0 bridgehead atoms. The smallest absolute Gasteiger partial charge is 0.0491 e. The average Bonchev–Trinajstić information content (AvgIpc) is 2.86. The standard InChI is InChI=1S/C12H13N/c1-8-7-10-3-2-4-11(9-5-6-9)12(10)13-8/h2-4,7,9,13H,5-6H2,1H3. The van der Waals surface area contributed by atoms with Gasteiger partial charge in [-0.2, -0.15) is 0 Å². The molecule has 1 nitrogen and oxygen atoms in total. The van der Waals surface area contributed by atoms with Gasteiger partial charge in [-0.05, 0) is 42.7 Å². The number of H-pyrrole nitrogens is 1. The van der Waals surface area contributed by atoms with Crippen molar-refractivity contribution in [3.05, 3.63) is 35.5 Å². The molecule has 0 radical (unpaired) electrons. The second-order valence-electron chi connectivity index (χ2n) is 4.04. The molecule has 0 spiro atoms. The Labute approximate surface area is 77.8 Å². The maximum absolute atomic E-state index is 3.45. The third-order valence-corrected chi connectivity index (χ3v) is 2.84. The minimum Gasteiger partial charge on any atom is -0.358 e. The topological polar surface area (TPSA) is 15.8 Å². The van der Waals surface area contributed by atoms with Crippen LogP contribution in [0.2, 0.25) is 0 Å². The van der Waals surface area contributed by atoms with Gasteiger partial charge in [-0.25, -0.2) is 0 Å². The highest BCUT2D eigenvalue weighted by Gasteiger charge is 2.25. The Balaban J connectivity index is 2.31. The lowest BCUT2D eigenvalue weighted by Crippen LogP contribution is -1.81. The first kappa shape index (κ1) is 7.19. The molecule has 1 fully saturated rings. The summed E-state index contributed by atoms with van der Waals surface area (Å²) in [7, 11) is 0. The molecule has 1 aliphatic carbocycles. The number of hydrogen-bond acceptors (Lipinski definition) is 0. The van der Waals surface area contributed by atoms with Crippen LogP contribution in [-0.4, -0.2) is 4.98 Å². The number of aryl methyl sites for hydroxylation is 1. The Kier molecular flexibility index (Phi) is 1.32. The van der Waals surface area contributed by atoms with Crippen molar-refractivity contribution in [2.24, 2.45) is 0 Å². The van der Waals surface area contributed by atoms with Gasteiger partial charge in [0, 0.05) is 11.2 Å². The molecule has 1 aliphatic rings. The molecule has 0 atom stereocenters. The van der Waals surface area contributed by atoms with E-state index in [0.29, 0.717) is 0 Å². The summed E-state index contributed by atoms with van der Waals surface area (Å²) >= 11 is 0.